The molecule has 1 aromatic rings. The second kappa shape index (κ2) is 6.08. The number of aliphatic hydroxyl groups is 1. The van der Waals surface area contributed by atoms with Gasteiger partial charge in [-0.25, -0.2) is 4.39 Å². The van der Waals surface area contributed by atoms with Crippen LogP contribution in [0.3, 0.4) is 0 Å². The molecule has 1 heterocycles. The SMILES string of the molecule is Cc1cc(N2CC(C)OC(CO)C2)c(C(C)N)cc1F. The van der Waals surface area contributed by atoms with Gasteiger partial charge in [-0.05, 0) is 44.0 Å². The number of nitrogens with two attached hydrogens (primary N) is 1. The fourth-order valence-corrected chi connectivity index (χ4v) is 2.66. The number of aryl methyl sites for hydroxylation is 1. The maximum Gasteiger partial charge on any atom is 0.126 e. The van der Waals surface area contributed by atoms with Gasteiger partial charge in [0, 0.05) is 24.8 Å². The first-order valence-corrected chi connectivity index (χ1v) is 6.99. The van der Waals surface area contributed by atoms with Gasteiger partial charge in [-0.1, -0.05) is 0 Å². The summed E-state index contributed by atoms with van der Waals surface area (Å²) in [7, 11) is 0. The summed E-state index contributed by atoms with van der Waals surface area (Å²) in [4.78, 5) is 2.13. The number of hydrogen-bond acceptors (Lipinski definition) is 4. The van der Waals surface area contributed by atoms with E-state index < -0.39 is 0 Å². The van der Waals surface area contributed by atoms with Gasteiger partial charge in [0.05, 0.1) is 18.8 Å². The minimum absolute atomic E-state index is 0.0193. The number of nitrogens with zero attached hydrogens (tertiary/aromatic N) is 1. The molecule has 1 fully saturated rings. The molecule has 0 radical (unpaired) electrons. The number of aliphatic hydroxyl groups excluding tert-OH is 1. The summed E-state index contributed by atoms with van der Waals surface area (Å²) in [5.41, 5.74) is 8.30. The second-order valence-electron chi connectivity index (χ2n) is 5.61. The van der Waals surface area contributed by atoms with Crippen molar-refractivity contribution in [2.75, 3.05) is 24.6 Å². The average Bonchev–Trinajstić information content (AvgIpc) is 2.40. The van der Waals surface area contributed by atoms with E-state index in [2.05, 4.69) is 4.90 Å². The Morgan fingerprint density at radius 2 is 2.20 bits per heavy atom. The maximum absolute atomic E-state index is 13.8. The van der Waals surface area contributed by atoms with Gasteiger partial charge < -0.3 is 20.5 Å². The van der Waals surface area contributed by atoms with Gasteiger partial charge in [-0.2, -0.15) is 0 Å². The van der Waals surface area contributed by atoms with Crippen molar-refractivity contribution >= 4 is 5.69 Å². The van der Waals surface area contributed by atoms with Crippen LogP contribution < -0.4 is 10.6 Å². The first kappa shape index (κ1) is 15.2. The highest BCUT2D eigenvalue weighted by molar-refractivity contribution is 5.57. The van der Waals surface area contributed by atoms with Crippen molar-refractivity contribution in [3.8, 4) is 0 Å². The Kier molecular flexibility index (Phi) is 4.62. The van der Waals surface area contributed by atoms with Crippen molar-refractivity contribution in [2.24, 2.45) is 5.73 Å². The van der Waals surface area contributed by atoms with Gasteiger partial charge in [0.25, 0.3) is 0 Å². The highest BCUT2D eigenvalue weighted by atomic mass is 19.1. The Balaban J connectivity index is 2.37. The molecule has 0 spiro atoms. The molecule has 1 aromatic carbocycles. The van der Waals surface area contributed by atoms with E-state index in [4.69, 9.17) is 10.5 Å². The molecule has 0 aliphatic carbocycles. The molecular formula is C15H23FN2O2. The molecule has 1 aliphatic heterocycles. The topological polar surface area (TPSA) is 58.7 Å². The number of rotatable bonds is 3. The van der Waals surface area contributed by atoms with Crippen molar-refractivity contribution in [3.05, 3.63) is 29.1 Å². The van der Waals surface area contributed by atoms with Crippen molar-refractivity contribution < 1.29 is 14.2 Å². The lowest BCUT2D eigenvalue weighted by atomic mass is 10.0. The van der Waals surface area contributed by atoms with Gasteiger partial charge >= 0.3 is 0 Å². The Bertz CT molecular complexity index is 479. The zero-order chi connectivity index (χ0) is 14.9. The predicted octanol–water partition coefficient (Wildman–Crippen LogP) is 1.74. The quantitative estimate of drug-likeness (QED) is 0.886. The van der Waals surface area contributed by atoms with Crippen LogP contribution in [-0.2, 0) is 4.74 Å². The molecule has 1 aliphatic rings. The van der Waals surface area contributed by atoms with E-state index >= 15 is 0 Å². The highest BCUT2D eigenvalue weighted by Crippen LogP contribution is 2.30. The lowest BCUT2D eigenvalue weighted by molar-refractivity contribution is -0.0421. The van der Waals surface area contributed by atoms with Crippen molar-refractivity contribution in [1.82, 2.24) is 0 Å². The van der Waals surface area contributed by atoms with E-state index in [1.165, 1.54) is 6.07 Å². The van der Waals surface area contributed by atoms with Crippen LogP contribution in [0.4, 0.5) is 10.1 Å². The zero-order valence-corrected chi connectivity index (χ0v) is 12.3. The summed E-state index contributed by atoms with van der Waals surface area (Å²) < 4.78 is 19.4. The third-order valence-electron chi connectivity index (χ3n) is 3.67. The van der Waals surface area contributed by atoms with Crippen molar-refractivity contribution in [3.63, 3.8) is 0 Å². The molecule has 0 saturated carbocycles. The number of benzene rings is 1. The summed E-state index contributed by atoms with van der Waals surface area (Å²) in [6.45, 7) is 6.84. The van der Waals surface area contributed by atoms with E-state index in [0.29, 0.717) is 18.7 Å². The summed E-state index contributed by atoms with van der Waals surface area (Å²) in [5.74, 6) is -0.235. The molecule has 3 N–H and O–H groups in total. The van der Waals surface area contributed by atoms with Gasteiger partial charge in [-0.3, -0.25) is 0 Å². The minimum atomic E-state index is -0.245. The standard InChI is InChI=1S/C15H23FN2O2/c1-9-4-15(13(11(3)17)5-14(9)16)18-6-10(2)20-12(7-18)8-19/h4-5,10-12,19H,6-8,17H2,1-3H3. The predicted molar refractivity (Wildman–Crippen MR) is 77.4 cm³/mol. The Morgan fingerprint density at radius 3 is 2.80 bits per heavy atom. The lowest BCUT2D eigenvalue weighted by Gasteiger charge is -2.39. The molecular weight excluding hydrogens is 259 g/mol. The number of anilines is 1. The van der Waals surface area contributed by atoms with Gasteiger partial charge in [0.15, 0.2) is 0 Å². The van der Waals surface area contributed by atoms with Crippen LogP contribution in [0.5, 0.6) is 0 Å². The minimum Gasteiger partial charge on any atom is -0.394 e. The number of ether oxygens (including phenoxy) is 1. The maximum atomic E-state index is 13.8. The molecule has 20 heavy (non-hydrogen) atoms. The van der Waals surface area contributed by atoms with Crippen LogP contribution in [0.15, 0.2) is 12.1 Å². The summed E-state index contributed by atoms with van der Waals surface area (Å²) in [6.07, 6.45) is -0.197. The number of morpholine rings is 1. The third-order valence-corrected chi connectivity index (χ3v) is 3.67. The molecule has 4 nitrogen and oxygen atoms in total. The zero-order valence-electron chi connectivity index (χ0n) is 12.3. The summed E-state index contributed by atoms with van der Waals surface area (Å²) in [5, 5.41) is 9.31. The molecule has 3 atom stereocenters. The van der Waals surface area contributed by atoms with Crippen LogP contribution in [0.25, 0.3) is 0 Å². The lowest BCUT2D eigenvalue weighted by Crippen LogP contribution is -2.48. The van der Waals surface area contributed by atoms with Gasteiger partial charge in [0.1, 0.15) is 5.82 Å². The Hall–Kier alpha value is -1.17. The number of halogens is 1. The monoisotopic (exact) mass is 282 g/mol. The molecule has 3 unspecified atom stereocenters. The van der Waals surface area contributed by atoms with Crippen LogP contribution >= 0.6 is 0 Å². The van der Waals surface area contributed by atoms with Crippen LogP contribution in [0.2, 0.25) is 0 Å². The molecule has 0 amide bonds. The fraction of sp³-hybridized carbons (Fsp3) is 0.600. The van der Waals surface area contributed by atoms with Crippen LogP contribution in [0, 0.1) is 12.7 Å². The van der Waals surface area contributed by atoms with Crippen molar-refractivity contribution in [1.29, 1.82) is 0 Å². The van der Waals surface area contributed by atoms with Gasteiger partial charge in [-0.15, -0.1) is 0 Å². The van der Waals surface area contributed by atoms with Gasteiger partial charge in [0.2, 0.25) is 0 Å². The Labute approximate surface area is 119 Å². The van der Waals surface area contributed by atoms with E-state index in [1.807, 2.05) is 19.9 Å². The molecule has 2 rings (SSSR count). The van der Waals surface area contributed by atoms with E-state index in [-0.39, 0.29) is 30.7 Å². The van der Waals surface area contributed by atoms with E-state index in [0.717, 1.165) is 11.3 Å². The fourth-order valence-electron chi connectivity index (χ4n) is 2.66. The molecule has 1 saturated heterocycles. The number of hydrogen-bond donors (Lipinski definition) is 2. The first-order chi connectivity index (χ1) is 9.42. The van der Waals surface area contributed by atoms with Crippen LogP contribution in [0.1, 0.15) is 31.0 Å². The molecule has 0 bridgehead atoms. The smallest absolute Gasteiger partial charge is 0.126 e. The summed E-state index contributed by atoms with van der Waals surface area (Å²) in [6, 6.07) is 3.11. The molecule has 0 aromatic heterocycles. The van der Waals surface area contributed by atoms with Crippen LogP contribution in [-0.4, -0.2) is 37.0 Å². The molecule has 112 valence electrons. The Morgan fingerprint density at radius 1 is 1.50 bits per heavy atom. The average molecular weight is 282 g/mol. The second-order valence-corrected chi connectivity index (χ2v) is 5.61. The van der Waals surface area contributed by atoms with E-state index in [1.54, 1.807) is 6.92 Å². The highest BCUT2D eigenvalue weighted by Gasteiger charge is 2.27. The third kappa shape index (κ3) is 3.11. The first-order valence-electron chi connectivity index (χ1n) is 6.99. The van der Waals surface area contributed by atoms with E-state index in [9.17, 15) is 9.50 Å². The van der Waals surface area contributed by atoms with Crippen molar-refractivity contribution in [2.45, 2.75) is 39.0 Å². The largest absolute Gasteiger partial charge is 0.394 e. The normalized spacial score (nSPS) is 24.8. The summed E-state index contributed by atoms with van der Waals surface area (Å²) >= 11 is 0. The molecule has 5 heteroatoms.